The molecule has 0 aliphatic rings. The molecule has 0 nitrogen and oxygen atoms in total. The first-order valence-corrected chi connectivity index (χ1v) is 16.4. The van der Waals surface area contributed by atoms with Gasteiger partial charge in [-0.1, -0.05) is 79.2 Å². The monoisotopic (exact) mass is 487 g/mol. The van der Waals surface area contributed by atoms with Crippen LogP contribution in [0.15, 0.2) is 84.9 Å². The molecule has 136 valence electrons. The van der Waals surface area contributed by atoms with E-state index in [0.717, 1.165) is 0 Å². The van der Waals surface area contributed by atoms with Gasteiger partial charge in [0.2, 0.25) is 0 Å². The second kappa shape index (κ2) is 10.1. The summed E-state index contributed by atoms with van der Waals surface area (Å²) >= 11 is -0.826. The predicted octanol–water partition coefficient (Wildman–Crippen LogP) is 6.31. The third kappa shape index (κ3) is 4.96. The Kier molecular flexibility index (Phi) is 7.80. The maximum atomic E-state index is 4.93. The molecular formula is C23H20Cl2PZr-. The summed E-state index contributed by atoms with van der Waals surface area (Å²) in [5, 5.41) is 7.04. The summed E-state index contributed by atoms with van der Waals surface area (Å²) in [6.07, 6.45) is 0. The third-order valence-electron chi connectivity index (χ3n) is 4.59. The van der Waals surface area contributed by atoms with Crippen LogP contribution in [0, 0.1) is 13.8 Å². The van der Waals surface area contributed by atoms with Gasteiger partial charge in [0.05, 0.1) is 0 Å². The van der Waals surface area contributed by atoms with Crippen LogP contribution < -0.4 is 15.9 Å². The Hall–Kier alpha value is -0.837. The van der Waals surface area contributed by atoms with E-state index in [-0.39, 0.29) is 0 Å². The van der Waals surface area contributed by atoms with Crippen LogP contribution in [0.1, 0.15) is 11.1 Å². The molecule has 0 aliphatic carbocycles. The van der Waals surface area contributed by atoms with E-state index >= 15 is 0 Å². The van der Waals surface area contributed by atoms with Gasteiger partial charge in [-0.2, -0.15) is 6.07 Å². The Balaban J connectivity index is 0.000000659. The van der Waals surface area contributed by atoms with Crippen molar-refractivity contribution in [2.75, 3.05) is 0 Å². The van der Waals surface area contributed by atoms with Gasteiger partial charge in [0.15, 0.2) is 0 Å². The Labute approximate surface area is 181 Å². The molecule has 27 heavy (non-hydrogen) atoms. The van der Waals surface area contributed by atoms with Gasteiger partial charge in [0, 0.05) is 0 Å². The fourth-order valence-corrected chi connectivity index (χ4v) is 5.66. The summed E-state index contributed by atoms with van der Waals surface area (Å²) in [6.45, 7) is 4.41. The van der Waals surface area contributed by atoms with E-state index in [1.54, 1.807) is 0 Å². The van der Waals surface area contributed by atoms with E-state index in [2.05, 4.69) is 98.8 Å². The van der Waals surface area contributed by atoms with Crippen molar-refractivity contribution < 1.29 is 20.8 Å². The van der Waals surface area contributed by atoms with Gasteiger partial charge < -0.3 is 0 Å². The molecule has 0 fully saturated rings. The number of aryl methyl sites for hydroxylation is 2. The van der Waals surface area contributed by atoms with Crippen molar-refractivity contribution in [3.8, 4) is 0 Å². The van der Waals surface area contributed by atoms with Crippen LogP contribution in [0.25, 0.3) is 10.8 Å². The molecular weight excluding hydrogens is 469 g/mol. The summed E-state index contributed by atoms with van der Waals surface area (Å²) in [7, 11) is 9.35. The van der Waals surface area contributed by atoms with E-state index in [1.165, 1.54) is 37.8 Å². The number of rotatable bonds is 3. The van der Waals surface area contributed by atoms with Crippen LogP contribution in [0.5, 0.6) is 0 Å². The van der Waals surface area contributed by atoms with Crippen LogP contribution in [-0.4, -0.2) is 0 Å². The van der Waals surface area contributed by atoms with Crippen molar-refractivity contribution >= 4 is 51.6 Å². The zero-order chi connectivity index (χ0) is 19.2. The predicted molar refractivity (Wildman–Crippen MR) is 119 cm³/mol. The van der Waals surface area contributed by atoms with Crippen LogP contribution in [-0.2, 0) is 20.8 Å². The summed E-state index contributed by atoms with van der Waals surface area (Å²) in [6, 6.07) is 31.1. The van der Waals surface area contributed by atoms with Gasteiger partial charge >= 0.3 is 37.9 Å². The zero-order valence-corrected chi connectivity index (χ0v) is 20.2. The first-order chi connectivity index (χ1) is 13.2. The minimum absolute atomic E-state index is 0.518. The summed E-state index contributed by atoms with van der Waals surface area (Å²) < 4.78 is 0. The van der Waals surface area contributed by atoms with Crippen molar-refractivity contribution in [1.29, 1.82) is 0 Å². The summed E-state index contributed by atoms with van der Waals surface area (Å²) in [5.74, 6) is 0. The molecule has 0 saturated carbocycles. The van der Waals surface area contributed by atoms with Crippen LogP contribution in [0.2, 0.25) is 0 Å². The van der Waals surface area contributed by atoms with Crippen LogP contribution in [0.3, 0.4) is 0 Å². The molecule has 0 aromatic heterocycles. The maximum absolute atomic E-state index is 4.93. The molecule has 0 unspecified atom stereocenters. The van der Waals surface area contributed by atoms with Crippen LogP contribution in [0.4, 0.5) is 0 Å². The fourth-order valence-electron chi connectivity index (χ4n) is 3.31. The first-order valence-electron chi connectivity index (χ1n) is 8.69. The molecule has 0 amide bonds. The van der Waals surface area contributed by atoms with Gasteiger partial charge in [0.1, 0.15) is 0 Å². The second-order valence-corrected chi connectivity index (χ2v) is 12.3. The van der Waals surface area contributed by atoms with Gasteiger partial charge in [-0.15, -0.1) is 33.8 Å². The van der Waals surface area contributed by atoms with E-state index in [1.807, 2.05) is 0 Å². The molecule has 0 N–H and O–H groups in total. The Morgan fingerprint density at radius 2 is 1.22 bits per heavy atom. The first kappa shape index (κ1) is 20.9. The molecule has 0 heterocycles. The Bertz CT molecular complexity index is 919. The second-order valence-electron chi connectivity index (χ2n) is 6.32. The number of hydrogen-bond acceptors (Lipinski definition) is 0. The van der Waals surface area contributed by atoms with Crippen molar-refractivity contribution in [3.05, 3.63) is 96.1 Å². The van der Waals surface area contributed by atoms with Crippen molar-refractivity contribution in [1.82, 2.24) is 0 Å². The molecule has 0 bridgehead atoms. The molecule has 0 saturated heterocycles. The number of benzene rings is 3. The molecule has 4 aromatic carbocycles. The van der Waals surface area contributed by atoms with Crippen molar-refractivity contribution in [2.24, 2.45) is 0 Å². The minimum atomic E-state index is -0.826. The number of halogens is 2. The molecule has 4 aromatic rings. The van der Waals surface area contributed by atoms with Crippen LogP contribution >= 0.6 is 24.9 Å². The molecule has 4 rings (SSSR count). The number of fused-ring (bicyclic) bond motifs is 1. The average molecular weight is 490 g/mol. The Morgan fingerprint density at radius 1 is 0.741 bits per heavy atom. The van der Waals surface area contributed by atoms with Gasteiger partial charge in [-0.05, 0) is 25.5 Å². The summed E-state index contributed by atoms with van der Waals surface area (Å²) in [5.41, 5.74) is 2.72. The quantitative estimate of drug-likeness (QED) is 0.234. The van der Waals surface area contributed by atoms with E-state index < -0.39 is 28.8 Å². The Morgan fingerprint density at radius 3 is 1.70 bits per heavy atom. The molecule has 0 atom stereocenters. The fraction of sp³-hybridized carbons (Fsp3) is 0.0870. The van der Waals surface area contributed by atoms with E-state index in [0.29, 0.717) is 0 Å². The molecule has 0 spiro atoms. The van der Waals surface area contributed by atoms with Gasteiger partial charge in [-0.25, -0.2) is 0 Å². The SMILES string of the molecule is Cc1ccc(C)c2[cH-]c(P(c3ccccc3)c3ccccc3)cc12.[Cl][Zr][Cl]. The topological polar surface area (TPSA) is 0 Å². The molecule has 4 heteroatoms. The van der Waals surface area contributed by atoms with Crippen molar-refractivity contribution in [2.45, 2.75) is 13.8 Å². The number of hydrogen-bond donors (Lipinski definition) is 0. The molecule has 0 aliphatic heterocycles. The van der Waals surface area contributed by atoms with Gasteiger partial charge in [0.25, 0.3) is 0 Å². The summed E-state index contributed by atoms with van der Waals surface area (Å²) in [4.78, 5) is 0. The van der Waals surface area contributed by atoms with E-state index in [4.69, 9.17) is 17.0 Å². The van der Waals surface area contributed by atoms with Crippen molar-refractivity contribution in [3.63, 3.8) is 0 Å². The van der Waals surface area contributed by atoms with Gasteiger partial charge in [-0.3, -0.25) is 0 Å². The standard InChI is InChI=1S/C23H20P.2ClH.Zr/c1-17-13-14-18(2)23-16-21(15-22(17)23)24(19-9-5-3-6-10-19)20-11-7-4-8-12-20;;;/h3-16H,1-2H3;2*1H;/q-1;;;+2/p-2. The molecule has 0 radical (unpaired) electrons. The average Bonchev–Trinajstić information content (AvgIpc) is 3.14. The normalized spacial score (nSPS) is 10.6. The zero-order valence-electron chi connectivity index (χ0n) is 15.3. The third-order valence-corrected chi connectivity index (χ3v) is 7.00. The van der Waals surface area contributed by atoms with E-state index in [9.17, 15) is 0 Å².